The maximum absolute atomic E-state index is 13.8. The van der Waals surface area contributed by atoms with E-state index in [-0.39, 0.29) is 30.7 Å². The molecule has 30 heavy (non-hydrogen) atoms. The lowest BCUT2D eigenvalue weighted by Crippen LogP contribution is -2.71. The Kier molecular flexibility index (Phi) is 6.69. The number of amides is 2. The number of alkyl halides is 4. The van der Waals surface area contributed by atoms with Crippen LogP contribution in [0.25, 0.3) is 0 Å². The van der Waals surface area contributed by atoms with E-state index < -0.39 is 30.6 Å². The SMILES string of the molecule is CCC(C)CN1CC2N(Cc3ccc(C(F)(F)F)cc3)CCC(=O)N2C(CF)C1=O. The van der Waals surface area contributed by atoms with Crippen molar-refractivity contribution in [1.82, 2.24) is 14.7 Å². The summed E-state index contributed by atoms with van der Waals surface area (Å²) in [6, 6.07) is 3.76. The Morgan fingerprint density at radius 3 is 2.40 bits per heavy atom. The van der Waals surface area contributed by atoms with E-state index in [1.54, 1.807) is 4.90 Å². The summed E-state index contributed by atoms with van der Waals surface area (Å²) in [7, 11) is 0. The van der Waals surface area contributed by atoms with E-state index in [0.717, 1.165) is 18.6 Å². The second-order valence-electron chi connectivity index (χ2n) is 8.12. The Labute approximate surface area is 173 Å². The zero-order chi connectivity index (χ0) is 22.1. The van der Waals surface area contributed by atoms with Crippen molar-refractivity contribution >= 4 is 11.8 Å². The third-order valence-electron chi connectivity index (χ3n) is 6.00. The van der Waals surface area contributed by atoms with E-state index in [1.807, 2.05) is 18.7 Å². The maximum atomic E-state index is 13.8. The molecule has 166 valence electrons. The van der Waals surface area contributed by atoms with Crippen LogP contribution < -0.4 is 0 Å². The first kappa shape index (κ1) is 22.5. The standard InChI is InChI=1S/C21H27F4N3O2/c1-3-14(2)11-27-13-18-26(9-8-19(29)28(18)17(10-22)20(27)30)12-15-4-6-16(7-5-15)21(23,24)25/h4-7,14,17-18H,3,8-13H2,1-2H3. The molecule has 1 aromatic rings. The highest BCUT2D eigenvalue weighted by molar-refractivity contribution is 5.89. The van der Waals surface area contributed by atoms with Crippen LogP contribution in [0.5, 0.6) is 0 Å². The summed E-state index contributed by atoms with van der Waals surface area (Å²) in [5.74, 6) is -0.398. The minimum atomic E-state index is -4.40. The Bertz CT molecular complexity index is 769. The van der Waals surface area contributed by atoms with Gasteiger partial charge in [0.2, 0.25) is 11.8 Å². The predicted molar refractivity (Wildman–Crippen MR) is 103 cm³/mol. The Morgan fingerprint density at radius 1 is 1.17 bits per heavy atom. The van der Waals surface area contributed by atoms with Crippen molar-refractivity contribution in [3.63, 3.8) is 0 Å². The highest BCUT2D eigenvalue weighted by Crippen LogP contribution is 2.31. The molecule has 3 rings (SSSR count). The number of carbonyl (C=O) groups is 2. The molecule has 0 aliphatic carbocycles. The van der Waals surface area contributed by atoms with Crippen LogP contribution in [0.4, 0.5) is 17.6 Å². The molecule has 2 fully saturated rings. The van der Waals surface area contributed by atoms with Gasteiger partial charge in [0.15, 0.2) is 0 Å². The number of halogens is 4. The van der Waals surface area contributed by atoms with Crippen LogP contribution in [0.15, 0.2) is 24.3 Å². The van der Waals surface area contributed by atoms with Gasteiger partial charge in [0.05, 0.1) is 12.1 Å². The smallest absolute Gasteiger partial charge is 0.337 e. The zero-order valence-electron chi connectivity index (χ0n) is 17.2. The lowest BCUT2D eigenvalue weighted by atomic mass is 10.0. The summed E-state index contributed by atoms with van der Waals surface area (Å²) in [5, 5.41) is 0. The summed E-state index contributed by atoms with van der Waals surface area (Å²) in [5.41, 5.74) is -0.0540. The van der Waals surface area contributed by atoms with Crippen molar-refractivity contribution in [1.29, 1.82) is 0 Å². The normalized spacial score (nSPS) is 24.2. The summed E-state index contributed by atoms with van der Waals surface area (Å²) in [6.45, 7) is 4.55. The topological polar surface area (TPSA) is 43.9 Å². The molecule has 9 heteroatoms. The molecule has 0 radical (unpaired) electrons. The van der Waals surface area contributed by atoms with Gasteiger partial charge in [0.25, 0.3) is 0 Å². The summed E-state index contributed by atoms with van der Waals surface area (Å²) in [6.07, 6.45) is -3.88. The van der Waals surface area contributed by atoms with Gasteiger partial charge in [-0.25, -0.2) is 4.39 Å². The molecule has 2 amide bonds. The number of carbonyl (C=O) groups excluding carboxylic acids is 2. The van der Waals surface area contributed by atoms with Crippen molar-refractivity contribution in [2.24, 2.45) is 5.92 Å². The van der Waals surface area contributed by atoms with E-state index in [9.17, 15) is 27.2 Å². The van der Waals surface area contributed by atoms with Gasteiger partial charge in [0.1, 0.15) is 18.9 Å². The Morgan fingerprint density at radius 2 is 1.83 bits per heavy atom. The second-order valence-corrected chi connectivity index (χ2v) is 8.12. The van der Waals surface area contributed by atoms with E-state index in [2.05, 4.69) is 0 Å². The first-order valence-electron chi connectivity index (χ1n) is 10.2. The van der Waals surface area contributed by atoms with Crippen molar-refractivity contribution in [3.05, 3.63) is 35.4 Å². The average molecular weight is 429 g/mol. The molecule has 0 saturated carbocycles. The lowest BCUT2D eigenvalue weighted by Gasteiger charge is -2.52. The van der Waals surface area contributed by atoms with Crippen molar-refractivity contribution in [2.75, 3.05) is 26.3 Å². The monoisotopic (exact) mass is 429 g/mol. The van der Waals surface area contributed by atoms with Crippen LogP contribution >= 0.6 is 0 Å². The van der Waals surface area contributed by atoms with Crippen LogP contribution in [0.1, 0.15) is 37.8 Å². The molecule has 2 aliphatic rings. The number of piperazine rings is 1. The molecule has 5 nitrogen and oxygen atoms in total. The van der Waals surface area contributed by atoms with E-state index in [4.69, 9.17) is 0 Å². The van der Waals surface area contributed by atoms with Crippen molar-refractivity contribution in [2.45, 2.75) is 51.6 Å². The van der Waals surface area contributed by atoms with E-state index in [0.29, 0.717) is 25.2 Å². The van der Waals surface area contributed by atoms with Gasteiger partial charge < -0.3 is 9.80 Å². The van der Waals surface area contributed by atoms with Gasteiger partial charge in [-0.2, -0.15) is 13.2 Å². The molecule has 2 aliphatic heterocycles. The third-order valence-corrected chi connectivity index (χ3v) is 6.00. The maximum Gasteiger partial charge on any atom is 0.416 e. The summed E-state index contributed by atoms with van der Waals surface area (Å²) < 4.78 is 52.2. The first-order valence-corrected chi connectivity index (χ1v) is 10.2. The highest BCUT2D eigenvalue weighted by atomic mass is 19.4. The number of hydrogen-bond donors (Lipinski definition) is 0. The molecule has 1 aromatic carbocycles. The van der Waals surface area contributed by atoms with Gasteiger partial charge in [-0.3, -0.25) is 14.5 Å². The van der Waals surface area contributed by atoms with Crippen molar-refractivity contribution < 1.29 is 27.2 Å². The largest absolute Gasteiger partial charge is 0.416 e. The van der Waals surface area contributed by atoms with Gasteiger partial charge in [-0.05, 0) is 23.6 Å². The second kappa shape index (κ2) is 8.91. The fraction of sp³-hybridized carbons (Fsp3) is 0.619. The summed E-state index contributed by atoms with van der Waals surface area (Å²) >= 11 is 0. The van der Waals surface area contributed by atoms with E-state index >= 15 is 0 Å². The van der Waals surface area contributed by atoms with Crippen LogP contribution in [-0.2, 0) is 22.3 Å². The van der Waals surface area contributed by atoms with Gasteiger partial charge in [-0.1, -0.05) is 32.4 Å². The molecule has 0 N–H and O–H groups in total. The molecule has 0 bridgehead atoms. The Balaban J connectivity index is 1.82. The van der Waals surface area contributed by atoms with Crippen molar-refractivity contribution in [3.8, 4) is 0 Å². The van der Waals surface area contributed by atoms with E-state index in [1.165, 1.54) is 17.0 Å². The molecule has 0 aromatic heterocycles. The average Bonchev–Trinajstić information content (AvgIpc) is 2.70. The highest BCUT2D eigenvalue weighted by Gasteiger charge is 2.47. The van der Waals surface area contributed by atoms with Crippen LogP contribution in [0, 0.1) is 5.92 Å². The van der Waals surface area contributed by atoms with Crippen LogP contribution in [0.3, 0.4) is 0 Å². The Hall–Kier alpha value is -2.16. The lowest BCUT2D eigenvalue weighted by molar-refractivity contribution is -0.172. The van der Waals surface area contributed by atoms with Gasteiger partial charge in [0, 0.05) is 26.1 Å². The fourth-order valence-corrected chi connectivity index (χ4v) is 4.09. The molecule has 2 saturated heterocycles. The molecule has 3 unspecified atom stereocenters. The molecular weight excluding hydrogens is 402 g/mol. The number of rotatable bonds is 6. The molecular formula is C21H27F4N3O2. The number of nitrogens with zero attached hydrogens (tertiary/aromatic N) is 3. The fourth-order valence-electron chi connectivity index (χ4n) is 4.09. The number of fused-ring (bicyclic) bond motifs is 1. The molecule has 3 atom stereocenters. The number of benzene rings is 1. The first-order chi connectivity index (χ1) is 14.2. The minimum absolute atomic E-state index is 0.145. The van der Waals surface area contributed by atoms with Crippen LogP contribution in [0.2, 0.25) is 0 Å². The van der Waals surface area contributed by atoms with Crippen LogP contribution in [-0.4, -0.2) is 65.0 Å². The molecule has 2 heterocycles. The zero-order valence-corrected chi connectivity index (χ0v) is 17.2. The predicted octanol–water partition coefficient (Wildman–Crippen LogP) is 3.29. The van der Waals surface area contributed by atoms with Gasteiger partial charge in [-0.15, -0.1) is 0 Å². The minimum Gasteiger partial charge on any atom is -0.337 e. The third kappa shape index (κ3) is 4.61. The molecule has 0 spiro atoms. The number of hydrogen-bond acceptors (Lipinski definition) is 3. The van der Waals surface area contributed by atoms with Gasteiger partial charge >= 0.3 is 6.18 Å². The summed E-state index contributed by atoms with van der Waals surface area (Å²) in [4.78, 5) is 30.2. The quantitative estimate of drug-likeness (QED) is 0.652.